The van der Waals surface area contributed by atoms with Crippen LogP contribution in [-0.2, 0) is 4.79 Å². The lowest BCUT2D eigenvalue weighted by molar-refractivity contribution is -0.138. The number of hydrogen-bond acceptors (Lipinski definition) is 2. The van der Waals surface area contributed by atoms with Crippen LogP contribution in [0.2, 0.25) is 0 Å². The van der Waals surface area contributed by atoms with E-state index in [-0.39, 0.29) is 24.9 Å². The molecule has 0 unspecified atom stereocenters. The van der Waals surface area contributed by atoms with Gasteiger partial charge < -0.3 is 10.0 Å². The van der Waals surface area contributed by atoms with Gasteiger partial charge in [-0.05, 0) is 0 Å². The third-order valence-corrected chi connectivity index (χ3v) is 1.44. The Morgan fingerprint density at radius 3 is 2.89 bits per heavy atom. The minimum Gasteiger partial charge on any atom is -0.389 e. The zero-order chi connectivity index (χ0) is 7.78. The Morgan fingerprint density at radius 1 is 2.00 bits per heavy atom. The number of hydrogen-bond donors (Lipinski definition) is 1. The number of nitrogens with zero attached hydrogens (tertiary/aromatic N) is 1. The van der Waals surface area contributed by atoms with Crippen molar-refractivity contribution in [3.8, 4) is 0 Å². The third-order valence-electron chi connectivity index (χ3n) is 1.21. The number of alkyl halides is 1. The molecule has 1 heterocycles. The van der Waals surface area contributed by atoms with Crippen LogP contribution in [0.25, 0.3) is 0 Å². The first-order chi connectivity index (χ1) is 4.55. The highest BCUT2D eigenvalue weighted by Crippen LogP contribution is 2.07. The first-order valence-electron chi connectivity index (χ1n) is 3.11. The van der Waals surface area contributed by atoms with Crippen molar-refractivity contribution in [2.75, 3.05) is 19.0 Å². The second-order valence-electron chi connectivity index (χ2n) is 1.95. The normalized spacial score (nSPS) is 24.7. The molecule has 0 bridgehead atoms. The number of amides is 1. The number of aliphatic hydroxyl groups is 1. The van der Waals surface area contributed by atoms with Gasteiger partial charge in [0, 0.05) is 13.1 Å². The van der Waals surface area contributed by atoms with Crippen LogP contribution in [0.4, 0.5) is 0 Å². The summed E-state index contributed by atoms with van der Waals surface area (Å²) in [6, 6.07) is 0. The van der Waals surface area contributed by atoms with Gasteiger partial charge >= 0.3 is 0 Å². The maximum absolute atomic E-state index is 10.7. The van der Waals surface area contributed by atoms with Crippen LogP contribution < -0.4 is 0 Å². The SMILES string of the molecule is [2H]C1(O)CN(C(=O)CCl)C1. The molecule has 52 valence electrons. The summed E-state index contributed by atoms with van der Waals surface area (Å²) in [5.41, 5.74) is 0. The fourth-order valence-corrected chi connectivity index (χ4v) is 0.824. The Morgan fingerprint density at radius 2 is 2.56 bits per heavy atom. The fourth-order valence-electron chi connectivity index (χ4n) is 0.655. The van der Waals surface area contributed by atoms with E-state index in [1.54, 1.807) is 0 Å². The molecule has 4 heteroatoms. The van der Waals surface area contributed by atoms with Gasteiger partial charge in [-0.1, -0.05) is 0 Å². The molecule has 1 amide bonds. The lowest BCUT2D eigenvalue weighted by atomic mass is 10.2. The van der Waals surface area contributed by atoms with Gasteiger partial charge in [-0.2, -0.15) is 0 Å². The van der Waals surface area contributed by atoms with Gasteiger partial charge in [0.2, 0.25) is 5.91 Å². The molecule has 0 saturated carbocycles. The molecule has 1 saturated heterocycles. The number of likely N-dealkylation sites (tertiary alicyclic amines) is 1. The van der Waals surface area contributed by atoms with E-state index in [0.29, 0.717) is 0 Å². The van der Waals surface area contributed by atoms with Crippen LogP contribution >= 0.6 is 11.6 Å². The molecule has 1 aliphatic rings. The van der Waals surface area contributed by atoms with Crippen molar-refractivity contribution < 1.29 is 11.3 Å². The van der Waals surface area contributed by atoms with Crippen molar-refractivity contribution in [3.63, 3.8) is 0 Å². The summed E-state index contributed by atoms with van der Waals surface area (Å²) in [5, 5.41) is 8.86. The number of β-amino-alcohol motifs (C(OH)–C–C–N with tert-alkyl or cyclic N) is 1. The van der Waals surface area contributed by atoms with E-state index in [9.17, 15) is 4.79 Å². The molecule has 0 radical (unpaired) electrons. The number of rotatable bonds is 1. The highest BCUT2D eigenvalue weighted by atomic mass is 35.5. The molecule has 9 heavy (non-hydrogen) atoms. The van der Waals surface area contributed by atoms with E-state index in [1.807, 2.05) is 0 Å². The van der Waals surface area contributed by atoms with Crippen LogP contribution in [0, 0.1) is 0 Å². The van der Waals surface area contributed by atoms with Crippen LogP contribution in [0.3, 0.4) is 0 Å². The molecule has 0 spiro atoms. The minimum absolute atomic E-state index is 0.0733. The van der Waals surface area contributed by atoms with Gasteiger partial charge in [-0.3, -0.25) is 4.79 Å². The lowest BCUT2D eigenvalue weighted by Crippen LogP contribution is -2.53. The first kappa shape index (κ1) is 5.50. The maximum Gasteiger partial charge on any atom is 0.237 e. The maximum atomic E-state index is 10.7. The second-order valence-corrected chi connectivity index (χ2v) is 2.22. The van der Waals surface area contributed by atoms with Crippen molar-refractivity contribution in [1.82, 2.24) is 4.90 Å². The topological polar surface area (TPSA) is 40.5 Å². The standard InChI is InChI=1S/C5H8ClNO2/c6-1-5(9)7-2-4(8)3-7/h4,8H,1-3H2/i4D. The summed E-state index contributed by atoms with van der Waals surface area (Å²) < 4.78 is 6.98. The van der Waals surface area contributed by atoms with Crippen molar-refractivity contribution in [1.29, 1.82) is 0 Å². The van der Waals surface area contributed by atoms with E-state index in [2.05, 4.69) is 0 Å². The summed E-state index contributed by atoms with van der Waals surface area (Å²) in [5.74, 6) is -0.297. The lowest BCUT2D eigenvalue weighted by Gasteiger charge is -2.35. The van der Waals surface area contributed by atoms with E-state index < -0.39 is 6.08 Å². The Hall–Kier alpha value is -0.280. The zero-order valence-electron chi connectivity index (χ0n) is 5.80. The number of carbonyl (C=O) groups excluding carboxylic acids is 1. The van der Waals surface area contributed by atoms with E-state index in [0.717, 1.165) is 0 Å². The zero-order valence-corrected chi connectivity index (χ0v) is 5.56. The first-order valence-corrected chi connectivity index (χ1v) is 3.15. The molecule has 0 aromatic rings. The van der Waals surface area contributed by atoms with Crippen LogP contribution in [0.15, 0.2) is 0 Å². The number of carbonyl (C=O) groups is 1. The van der Waals surface area contributed by atoms with E-state index in [4.69, 9.17) is 18.1 Å². The summed E-state index contributed by atoms with van der Waals surface area (Å²) in [7, 11) is 0. The highest BCUT2D eigenvalue weighted by molar-refractivity contribution is 6.27. The van der Waals surface area contributed by atoms with Gasteiger partial charge in [0.1, 0.15) is 5.88 Å². The molecule has 0 aromatic carbocycles. The van der Waals surface area contributed by atoms with Gasteiger partial charge in [0.05, 0.1) is 7.45 Å². The monoisotopic (exact) mass is 150 g/mol. The predicted octanol–water partition coefficient (Wildman–Crippen LogP) is -0.572. The van der Waals surface area contributed by atoms with Gasteiger partial charge in [0.25, 0.3) is 0 Å². The van der Waals surface area contributed by atoms with Gasteiger partial charge in [-0.25, -0.2) is 0 Å². The van der Waals surface area contributed by atoms with Crippen LogP contribution in [0.5, 0.6) is 0 Å². The van der Waals surface area contributed by atoms with Gasteiger partial charge in [0.15, 0.2) is 0 Å². The predicted molar refractivity (Wildman–Crippen MR) is 33.3 cm³/mol. The van der Waals surface area contributed by atoms with Crippen molar-refractivity contribution in [2.24, 2.45) is 0 Å². The van der Waals surface area contributed by atoms with Crippen molar-refractivity contribution >= 4 is 17.5 Å². The average Bonchev–Trinajstić information content (AvgIpc) is 1.81. The van der Waals surface area contributed by atoms with Crippen molar-refractivity contribution in [2.45, 2.75) is 6.08 Å². The van der Waals surface area contributed by atoms with Crippen molar-refractivity contribution in [3.05, 3.63) is 0 Å². The molecular formula is C5H8ClNO2. The molecule has 1 aliphatic heterocycles. The Labute approximate surface area is 59.6 Å². The largest absolute Gasteiger partial charge is 0.389 e. The second kappa shape index (κ2) is 2.54. The molecule has 0 aliphatic carbocycles. The molecule has 0 aromatic heterocycles. The Balaban J connectivity index is 2.33. The molecule has 1 N–H and O–H groups in total. The third kappa shape index (κ3) is 1.34. The average molecular weight is 151 g/mol. The smallest absolute Gasteiger partial charge is 0.237 e. The quantitative estimate of drug-likeness (QED) is 0.509. The summed E-state index contributed by atoms with van der Waals surface area (Å²) in [4.78, 5) is 12.0. The number of halogens is 1. The van der Waals surface area contributed by atoms with Crippen LogP contribution in [-0.4, -0.2) is 41.0 Å². The molecule has 1 rings (SSSR count). The minimum atomic E-state index is -1.43. The summed E-state index contributed by atoms with van der Waals surface area (Å²) in [6.07, 6.45) is -1.43. The highest BCUT2D eigenvalue weighted by Gasteiger charge is 2.27. The van der Waals surface area contributed by atoms with Gasteiger partial charge in [-0.15, -0.1) is 11.6 Å². The molecule has 0 atom stereocenters. The Kier molecular flexibility index (Phi) is 1.55. The molecule has 3 nitrogen and oxygen atoms in total. The molecule has 1 fully saturated rings. The summed E-state index contributed by atoms with van der Waals surface area (Å²) in [6.45, 7) is 0.164. The van der Waals surface area contributed by atoms with Crippen LogP contribution in [0.1, 0.15) is 1.37 Å². The summed E-state index contributed by atoms with van der Waals surface area (Å²) >= 11 is 5.22. The molecular weight excluding hydrogens is 142 g/mol. The Bertz CT molecular complexity index is 154. The fraction of sp³-hybridized carbons (Fsp3) is 0.800. The van der Waals surface area contributed by atoms with E-state index >= 15 is 0 Å². The van der Waals surface area contributed by atoms with E-state index in [1.165, 1.54) is 4.90 Å².